The van der Waals surface area contributed by atoms with E-state index in [9.17, 15) is 4.79 Å². The highest BCUT2D eigenvalue weighted by atomic mass is 16.2. The molecule has 1 heterocycles. The Bertz CT molecular complexity index is 431. The Hall–Kier alpha value is -1.51. The molecule has 3 nitrogen and oxygen atoms in total. The highest BCUT2D eigenvalue weighted by molar-refractivity contribution is 5.77. The first-order valence-electron chi connectivity index (χ1n) is 3.76. The summed E-state index contributed by atoms with van der Waals surface area (Å²) in [6, 6.07) is 3.51. The van der Waals surface area contributed by atoms with Crippen LogP contribution in [0.15, 0.2) is 22.1 Å². The van der Waals surface area contributed by atoms with Crippen molar-refractivity contribution in [2.45, 2.75) is 13.8 Å². The Balaban J connectivity index is 3.00. The number of fused-ring (bicyclic) bond motifs is 1. The molecular formula is C9H8N2O. The number of hydrogen-bond acceptors (Lipinski definition) is 1. The Morgan fingerprint density at radius 2 is 1.42 bits per heavy atom. The number of rotatable bonds is 0. The van der Waals surface area contributed by atoms with E-state index in [1.165, 1.54) is 0 Å². The molecule has 0 radical (unpaired) electrons. The molecule has 1 aliphatic heterocycles. The SMILES string of the molecule is Cc1ccc(C)c2c1=NC(=O)N=2. The Labute approximate surface area is 69.5 Å². The van der Waals surface area contributed by atoms with Crippen LogP contribution in [0.25, 0.3) is 0 Å². The lowest BCUT2D eigenvalue weighted by Crippen LogP contribution is -2.26. The third kappa shape index (κ3) is 0.863. The van der Waals surface area contributed by atoms with Crippen LogP contribution in [-0.4, -0.2) is 6.03 Å². The number of urea groups is 1. The molecule has 0 saturated carbocycles. The zero-order valence-corrected chi connectivity index (χ0v) is 6.96. The van der Waals surface area contributed by atoms with Gasteiger partial charge in [0.25, 0.3) is 0 Å². The van der Waals surface area contributed by atoms with Gasteiger partial charge in [0.05, 0.1) is 10.7 Å². The molecule has 0 fully saturated rings. The lowest BCUT2D eigenvalue weighted by Gasteiger charge is -1.92. The van der Waals surface area contributed by atoms with E-state index in [1.54, 1.807) is 0 Å². The maximum Gasteiger partial charge on any atom is 0.368 e. The molecule has 3 heteroatoms. The molecule has 1 aromatic carbocycles. The van der Waals surface area contributed by atoms with Crippen LogP contribution in [0.5, 0.6) is 0 Å². The third-order valence-corrected chi connectivity index (χ3v) is 1.97. The summed E-state index contributed by atoms with van der Waals surface area (Å²) in [5.74, 6) is 0. The molecule has 60 valence electrons. The summed E-state index contributed by atoms with van der Waals surface area (Å²) in [7, 11) is 0. The molecule has 0 saturated heterocycles. The summed E-state index contributed by atoms with van der Waals surface area (Å²) in [5, 5.41) is 1.47. The molecule has 1 aliphatic rings. The van der Waals surface area contributed by atoms with Crippen LogP contribution < -0.4 is 10.7 Å². The molecule has 0 bridgehead atoms. The molecule has 2 rings (SSSR count). The summed E-state index contributed by atoms with van der Waals surface area (Å²) in [6.45, 7) is 3.85. The van der Waals surface area contributed by atoms with Gasteiger partial charge in [-0.2, -0.15) is 9.98 Å². The highest BCUT2D eigenvalue weighted by Gasteiger charge is 2.07. The second kappa shape index (κ2) is 2.24. The van der Waals surface area contributed by atoms with Gasteiger partial charge in [-0.25, -0.2) is 4.79 Å². The van der Waals surface area contributed by atoms with E-state index >= 15 is 0 Å². The fourth-order valence-electron chi connectivity index (χ4n) is 1.28. The third-order valence-electron chi connectivity index (χ3n) is 1.97. The lowest BCUT2D eigenvalue weighted by atomic mass is 10.1. The minimum Gasteiger partial charge on any atom is -0.244 e. The van der Waals surface area contributed by atoms with Crippen molar-refractivity contribution in [3.63, 3.8) is 0 Å². The van der Waals surface area contributed by atoms with Gasteiger partial charge in [-0.1, -0.05) is 12.1 Å². The molecule has 0 atom stereocenters. The molecule has 0 unspecified atom stereocenters. The average molecular weight is 160 g/mol. The molecule has 2 amide bonds. The summed E-state index contributed by atoms with van der Waals surface area (Å²) in [6.07, 6.45) is 0. The van der Waals surface area contributed by atoms with Crippen molar-refractivity contribution < 1.29 is 4.79 Å². The van der Waals surface area contributed by atoms with E-state index in [1.807, 2.05) is 26.0 Å². The minimum absolute atomic E-state index is 0.387. The molecule has 0 aliphatic carbocycles. The molecule has 1 aromatic rings. The van der Waals surface area contributed by atoms with Crippen molar-refractivity contribution in [1.29, 1.82) is 0 Å². The van der Waals surface area contributed by atoms with Gasteiger partial charge in [0.15, 0.2) is 0 Å². The number of hydrogen-bond donors (Lipinski definition) is 0. The second-order valence-corrected chi connectivity index (χ2v) is 2.90. The maximum atomic E-state index is 10.9. The fourth-order valence-corrected chi connectivity index (χ4v) is 1.28. The summed E-state index contributed by atoms with van der Waals surface area (Å²) in [4.78, 5) is 18.5. The number of aryl methyl sites for hydroxylation is 2. The minimum atomic E-state index is -0.387. The van der Waals surface area contributed by atoms with Crippen molar-refractivity contribution >= 4 is 6.03 Å². The van der Waals surface area contributed by atoms with E-state index in [0.29, 0.717) is 0 Å². The first-order valence-corrected chi connectivity index (χ1v) is 3.76. The Kier molecular flexibility index (Phi) is 1.33. The van der Waals surface area contributed by atoms with Gasteiger partial charge < -0.3 is 0 Å². The van der Waals surface area contributed by atoms with Crippen molar-refractivity contribution in [3.05, 3.63) is 34.0 Å². The van der Waals surface area contributed by atoms with Gasteiger partial charge >= 0.3 is 6.03 Å². The van der Waals surface area contributed by atoms with Gasteiger partial charge in [0.1, 0.15) is 0 Å². The summed E-state index contributed by atoms with van der Waals surface area (Å²) >= 11 is 0. The highest BCUT2D eigenvalue weighted by Crippen LogP contribution is 1.94. The quantitative estimate of drug-likeness (QED) is 0.550. The predicted molar refractivity (Wildman–Crippen MR) is 43.6 cm³/mol. The second-order valence-electron chi connectivity index (χ2n) is 2.90. The zero-order chi connectivity index (χ0) is 8.72. The largest absolute Gasteiger partial charge is 0.368 e. The Morgan fingerprint density at radius 3 is 1.83 bits per heavy atom. The standard InChI is InChI=1S/C9H8N2O/c1-5-3-4-6(2)8-7(5)10-9(12)11-8/h3-4H,1-2H3. The Morgan fingerprint density at radius 1 is 1.00 bits per heavy atom. The fraction of sp³-hybridized carbons (Fsp3) is 0.222. The van der Waals surface area contributed by atoms with Crippen LogP contribution in [-0.2, 0) is 0 Å². The first-order chi connectivity index (χ1) is 5.68. The lowest BCUT2D eigenvalue weighted by molar-refractivity contribution is 0.256. The van der Waals surface area contributed by atoms with Crippen LogP contribution in [0.1, 0.15) is 11.1 Å². The maximum absolute atomic E-state index is 10.9. The van der Waals surface area contributed by atoms with Gasteiger partial charge in [-0.15, -0.1) is 0 Å². The van der Waals surface area contributed by atoms with Crippen LogP contribution >= 0.6 is 0 Å². The predicted octanol–water partition coefficient (Wildman–Crippen LogP) is 0.676. The number of carbonyl (C=O) groups is 1. The number of carbonyl (C=O) groups excluding carboxylic acids is 1. The average Bonchev–Trinajstić information content (AvgIpc) is 2.41. The molecule has 0 spiro atoms. The van der Waals surface area contributed by atoms with Crippen molar-refractivity contribution in [2.75, 3.05) is 0 Å². The van der Waals surface area contributed by atoms with E-state index in [2.05, 4.69) is 9.98 Å². The van der Waals surface area contributed by atoms with Crippen LogP contribution in [0.3, 0.4) is 0 Å². The van der Waals surface area contributed by atoms with Gasteiger partial charge in [0, 0.05) is 0 Å². The summed E-state index contributed by atoms with van der Waals surface area (Å²) < 4.78 is 0. The van der Waals surface area contributed by atoms with Crippen LogP contribution in [0.2, 0.25) is 0 Å². The molecular weight excluding hydrogens is 152 g/mol. The topological polar surface area (TPSA) is 41.8 Å². The van der Waals surface area contributed by atoms with Crippen molar-refractivity contribution in [3.8, 4) is 0 Å². The summed E-state index contributed by atoms with van der Waals surface area (Å²) in [5.41, 5.74) is 2.01. The van der Waals surface area contributed by atoms with E-state index in [-0.39, 0.29) is 6.03 Å². The zero-order valence-electron chi connectivity index (χ0n) is 6.96. The van der Waals surface area contributed by atoms with Gasteiger partial charge in [-0.3, -0.25) is 0 Å². The van der Waals surface area contributed by atoms with Gasteiger partial charge in [0.2, 0.25) is 0 Å². The monoisotopic (exact) mass is 160 g/mol. The van der Waals surface area contributed by atoms with Crippen molar-refractivity contribution in [1.82, 2.24) is 0 Å². The molecule has 0 aromatic heterocycles. The molecule has 0 N–H and O–H groups in total. The number of benzene rings is 1. The molecule has 12 heavy (non-hydrogen) atoms. The van der Waals surface area contributed by atoms with Gasteiger partial charge in [-0.05, 0) is 25.0 Å². The number of amides is 2. The van der Waals surface area contributed by atoms with Crippen molar-refractivity contribution in [2.24, 2.45) is 9.98 Å². The van der Waals surface area contributed by atoms with E-state index in [4.69, 9.17) is 0 Å². The number of nitrogens with zero attached hydrogens (tertiary/aromatic N) is 2. The van der Waals surface area contributed by atoms with E-state index < -0.39 is 0 Å². The van der Waals surface area contributed by atoms with E-state index in [0.717, 1.165) is 21.8 Å². The van der Waals surface area contributed by atoms with Crippen LogP contribution in [0, 0.1) is 13.8 Å². The normalized spacial score (nSPS) is 13.7. The smallest absolute Gasteiger partial charge is 0.244 e. The van der Waals surface area contributed by atoms with Crippen LogP contribution in [0.4, 0.5) is 4.79 Å². The first kappa shape index (κ1) is 7.16.